The molecule has 0 saturated heterocycles. The highest BCUT2D eigenvalue weighted by molar-refractivity contribution is 6.17. The number of alkyl halides is 1. The average Bonchev–Trinajstić information content (AvgIpc) is 2.09. The van der Waals surface area contributed by atoms with Crippen LogP contribution in [0.5, 0.6) is 5.75 Å². The molecule has 1 aromatic carbocycles. The zero-order valence-corrected chi connectivity index (χ0v) is 7.55. The third kappa shape index (κ3) is 3.01. The second-order valence-corrected chi connectivity index (χ2v) is 2.84. The van der Waals surface area contributed by atoms with Gasteiger partial charge in [0.1, 0.15) is 5.75 Å². The highest BCUT2D eigenvalue weighted by atomic mass is 35.5. The third-order valence-corrected chi connectivity index (χ3v) is 1.69. The Morgan fingerprint density at radius 2 is 1.92 bits per heavy atom. The topological polar surface area (TPSA) is 35.2 Å². The van der Waals surface area contributed by atoms with E-state index >= 15 is 0 Å². The van der Waals surface area contributed by atoms with Crippen LogP contribution in [0.15, 0.2) is 24.3 Å². The Labute approximate surface area is 77.3 Å². The van der Waals surface area contributed by atoms with Gasteiger partial charge in [-0.15, -0.1) is 11.6 Å². The Balaban J connectivity index is 2.37. The van der Waals surface area contributed by atoms with Crippen LogP contribution in [0, 0.1) is 0 Å². The Kier molecular flexibility index (Phi) is 3.74. The zero-order valence-electron chi connectivity index (χ0n) is 6.79. The molecular formula is C9H12ClNO. The SMILES string of the molecule is Nc1ccc(OCCCCl)cc1. The molecular weight excluding hydrogens is 174 g/mol. The van der Waals surface area contributed by atoms with E-state index in [4.69, 9.17) is 22.1 Å². The molecule has 0 bridgehead atoms. The van der Waals surface area contributed by atoms with Gasteiger partial charge in [0, 0.05) is 11.6 Å². The maximum absolute atomic E-state index is 5.50. The van der Waals surface area contributed by atoms with E-state index in [9.17, 15) is 0 Å². The van der Waals surface area contributed by atoms with Crippen LogP contribution in [-0.2, 0) is 0 Å². The normalized spacial score (nSPS) is 9.75. The molecule has 0 radical (unpaired) electrons. The molecule has 0 aliphatic heterocycles. The average molecular weight is 186 g/mol. The maximum atomic E-state index is 5.50. The molecule has 3 heteroatoms. The summed E-state index contributed by atoms with van der Waals surface area (Å²) >= 11 is 5.49. The number of rotatable bonds is 4. The van der Waals surface area contributed by atoms with Crippen molar-refractivity contribution in [3.05, 3.63) is 24.3 Å². The van der Waals surface area contributed by atoms with Gasteiger partial charge in [-0.2, -0.15) is 0 Å². The van der Waals surface area contributed by atoms with E-state index in [0.29, 0.717) is 12.5 Å². The Hall–Kier alpha value is -0.890. The standard InChI is InChI=1S/C9H12ClNO/c10-6-1-7-12-9-4-2-8(11)3-5-9/h2-5H,1,6-7,11H2. The molecule has 2 N–H and O–H groups in total. The molecule has 1 aromatic rings. The number of hydrogen-bond donors (Lipinski definition) is 1. The molecule has 0 aliphatic rings. The molecule has 0 spiro atoms. The molecule has 0 unspecified atom stereocenters. The van der Waals surface area contributed by atoms with E-state index < -0.39 is 0 Å². The first kappa shape index (κ1) is 9.20. The number of hydrogen-bond acceptors (Lipinski definition) is 2. The lowest BCUT2D eigenvalue weighted by molar-refractivity contribution is 0.318. The van der Waals surface area contributed by atoms with E-state index in [2.05, 4.69) is 0 Å². The predicted molar refractivity (Wildman–Crippen MR) is 51.7 cm³/mol. The van der Waals surface area contributed by atoms with Crippen molar-refractivity contribution < 1.29 is 4.74 Å². The van der Waals surface area contributed by atoms with Crippen LogP contribution < -0.4 is 10.5 Å². The van der Waals surface area contributed by atoms with E-state index in [-0.39, 0.29) is 0 Å². The highest BCUT2D eigenvalue weighted by Gasteiger charge is 1.91. The predicted octanol–water partition coefficient (Wildman–Crippen LogP) is 2.28. The number of ether oxygens (including phenoxy) is 1. The van der Waals surface area contributed by atoms with Crippen molar-refractivity contribution in [2.75, 3.05) is 18.2 Å². The molecule has 0 amide bonds. The van der Waals surface area contributed by atoms with Crippen molar-refractivity contribution in [3.63, 3.8) is 0 Å². The monoisotopic (exact) mass is 185 g/mol. The second-order valence-electron chi connectivity index (χ2n) is 2.46. The van der Waals surface area contributed by atoms with Gasteiger partial charge in [0.2, 0.25) is 0 Å². The van der Waals surface area contributed by atoms with E-state index in [0.717, 1.165) is 17.9 Å². The van der Waals surface area contributed by atoms with Crippen molar-refractivity contribution in [3.8, 4) is 5.75 Å². The van der Waals surface area contributed by atoms with Crippen LogP contribution in [-0.4, -0.2) is 12.5 Å². The molecule has 0 aliphatic carbocycles. The smallest absolute Gasteiger partial charge is 0.119 e. The molecule has 0 saturated carbocycles. The van der Waals surface area contributed by atoms with Crippen LogP contribution in [0.25, 0.3) is 0 Å². The quantitative estimate of drug-likeness (QED) is 0.444. The van der Waals surface area contributed by atoms with E-state index in [1.165, 1.54) is 0 Å². The van der Waals surface area contributed by atoms with Crippen molar-refractivity contribution in [2.24, 2.45) is 0 Å². The fraction of sp³-hybridized carbons (Fsp3) is 0.333. The Bertz CT molecular complexity index is 222. The van der Waals surface area contributed by atoms with Crippen LogP contribution in [0.1, 0.15) is 6.42 Å². The molecule has 66 valence electrons. The molecule has 12 heavy (non-hydrogen) atoms. The molecule has 2 nitrogen and oxygen atoms in total. The fourth-order valence-corrected chi connectivity index (χ4v) is 0.918. The van der Waals surface area contributed by atoms with E-state index in [1.807, 2.05) is 24.3 Å². The summed E-state index contributed by atoms with van der Waals surface area (Å²) in [4.78, 5) is 0. The second kappa shape index (κ2) is 4.88. The summed E-state index contributed by atoms with van der Waals surface area (Å²) in [7, 11) is 0. The van der Waals surface area contributed by atoms with Gasteiger partial charge in [0.25, 0.3) is 0 Å². The largest absolute Gasteiger partial charge is 0.494 e. The summed E-state index contributed by atoms with van der Waals surface area (Å²) < 4.78 is 5.36. The summed E-state index contributed by atoms with van der Waals surface area (Å²) in [5.41, 5.74) is 6.25. The third-order valence-electron chi connectivity index (χ3n) is 1.43. The summed E-state index contributed by atoms with van der Waals surface area (Å²) in [6.45, 7) is 0.660. The number of nitrogen functional groups attached to an aromatic ring is 1. The summed E-state index contributed by atoms with van der Waals surface area (Å²) in [6, 6.07) is 7.33. The van der Waals surface area contributed by atoms with Gasteiger partial charge in [-0.25, -0.2) is 0 Å². The van der Waals surface area contributed by atoms with Gasteiger partial charge in [0.05, 0.1) is 6.61 Å². The molecule has 0 fully saturated rings. The van der Waals surface area contributed by atoms with Gasteiger partial charge < -0.3 is 10.5 Å². The van der Waals surface area contributed by atoms with Crippen LogP contribution in [0.4, 0.5) is 5.69 Å². The first-order valence-electron chi connectivity index (χ1n) is 3.87. The minimum atomic E-state index is 0.634. The molecule has 0 atom stereocenters. The Morgan fingerprint density at radius 3 is 2.50 bits per heavy atom. The van der Waals surface area contributed by atoms with Gasteiger partial charge in [-0.05, 0) is 30.7 Å². The van der Waals surface area contributed by atoms with Gasteiger partial charge >= 0.3 is 0 Å². The maximum Gasteiger partial charge on any atom is 0.119 e. The zero-order chi connectivity index (χ0) is 8.81. The van der Waals surface area contributed by atoms with Crippen molar-refractivity contribution in [1.82, 2.24) is 0 Å². The van der Waals surface area contributed by atoms with Gasteiger partial charge in [-0.3, -0.25) is 0 Å². The first-order chi connectivity index (χ1) is 5.83. The minimum Gasteiger partial charge on any atom is -0.494 e. The van der Waals surface area contributed by atoms with Crippen LogP contribution in [0.3, 0.4) is 0 Å². The summed E-state index contributed by atoms with van der Waals surface area (Å²) in [6.07, 6.45) is 0.867. The van der Waals surface area contributed by atoms with Crippen LogP contribution in [0.2, 0.25) is 0 Å². The minimum absolute atomic E-state index is 0.634. The molecule has 1 rings (SSSR count). The fourth-order valence-electron chi connectivity index (χ4n) is 0.809. The number of halogens is 1. The lowest BCUT2D eigenvalue weighted by atomic mass is 10.3. The molecule has 0 heterocycles. The van der Waals surface area contributed by atoms with Crippen molar-refractivity contribution in [2.45, 2.75) is 6.42 Å². The highest BCUT2D eigenvalue weighted by Crippen LogP contribution is 2.12. The number of anilines is 1. The lowest BCUT2D eigenvalue weighted by Crippen LogP contribution is -1.97. The first-order valence-corrected chi connectivity index (χ1v) is 4.40. The number of benzene rings is 1. The summed E-state index contributed by atoms with van der Waals surface area (Å²) in [5, 5.41) is 0. The van der Waals surface area contributed by atoms with Crippen molar-refractivity contribution in [1.29, 1.82) is 0 Å². The number of nitrogens with two attached hydrogens (primary N) is 1. The van der Waals surface area contributed by atoms with Crippen LogP contribution >= 0.6 is 11.6 Å². The lowest BCUT2D eigenvalue weighted by Gasteiger charge is -2.04. The van der Waals surface area contributed by atoms with Gasteiger partial charge in [-0.1, -0.05) is 0 Å². The molecule has 0 aromatic heterocycles. The van der Waals surface area contributed by atoms with Gasteiger partial charge in [0.15, 0.2) is 0 Å². The summed E-state index contributed by atoms with van der Waals surface area (Å²) in [5.74, 6) is 1.48. The van der Waals surface area contributed by atoms with Crippen molar-refractivity contribution >= 4 is 17.3 Å². The van der Waals surface area contributed by atoms with E-state index in [1.54, 1.807) is 0 Å². The Morgan fingerprint density at radius 1 is 1.25 bits per heavy atom.